The molecule has 0 atom stereocenters. The van der Waals surface area contributed by atoms with Gasteiger partial charge in [-0.25, -0.2) is 4.68 Å². The normalized spacial score (nSPS) is 10.7. The number of halogens is 1. The fraction of sp³-hybridized carbons (Fsp3) is 0.250. The van der Waals surface area contributed by atoms with Crippen molar-refractivity contribution >= 4 is 39.3 Å². The van der Waals surface area contributed by atoms with E-state index < -0.39 is 0 Å². The van der Waals surface area contributed by atoms with Gasteiger partial charge in [0.1, 0.15) is 0 Å². The number of amides is 1. The summed E-state index contributed by atoms with van der Waals surface area (Å²) < 4.78 is 2.29. The fourth-order valence-electron chi connectivity index (χ4n) is 2.74. The van der Waals surface area contributed by atoms with Crippen molar-refractivity contribution in [3.05, 3.63) is 59.1 Å². The summed E-state index contributed by atoms with van der Waals surface area (Å²) in [4.78, 5) is 14.3. The van der Waals surface area contributed by atoms with Crippen LogP contribution in [-0.2, 0) is 4.79 Å². The monoisotopic (exact) mass is 474 g/mol. The van der Waals surface area contributed by atoms with Gasteiger partial charge in [-0.3, -0.25) is 4.79 Å². The van der Waals surface area contributed by atoms with E-state index in [1.165, 1.54) is 16.4 Å². The molecule has 3 rings (SSSR count). The molecule has 3 aromatic rings. The van der Waals surface area contributed by atoms with Gasteiger partial charge >= 0.3 is 0 Å². The zero-order chi connectivity index (χ0) is 20.6. The van der Waals surface area contributed by atoms with E-state index in [2.05, 4.69) is 48.5 Å². The van der Waals surface area contributed by atoms with Crippen molar-refractivity contribution in [2.24, 2.45) is 0 Å². The number of nitrogen functional groups attached to an aromatic ring is 1. The number of nitrogens with two attached hydrogens (primary N) is 1. The molecule has 3 N–H and O–H groups in total. The molecule has 0 aliphatic carbocycles. The van der Waals surface area contributed by atoms with Crippen LogP contribution in [0.25, 0.3) is 11.4 Å². The highest BCUT2D eigenvalue weighted by Gasteiger charge is 2.15. The Balaban J connectivity index is 1.43. The van der Waals surface area contributed by atoms with Crippen LogP contribution in [0.5, 0.6) is 0 Å². The van der Waals surface area contributed by atoms with Crippen molar-refractivity contribution in [3.63, 3.8) is 0 Å². The molecule has 0 aliphatic rings. The Kier molecular flexibility index (Phi) is 7.54. The van der Waals surface area contributed by atoms with Crippen LogP contribution >= 0.6 is 27.7 Å². The van der Waals surface area contributed by atoms with Crippen molar-refractivity contribution in [1.82, 2.24) is 20.2 Å². The number of anilines is 1. The van der Waals surface area contributed by atoms with Gasteiger partial charge in [-0.15, -0.1) is 10.2 Å². The average molecular weight is 475 g/mol. The van der Waals surface area contributed by atoms with E-state index in [4.69, 9.17) is 5.84 Å². The van der Waals surface area contributed by atoms with E-state index >= 15 is 0 Å². The molecule has 0 spiro atoms. The second-order valence-corrected chi connectivity index (χ2v) is 8.20. The van der Waals surface area contributed by atoms with Crippen molar-refractivity contribution in [3.8, 4) is 11.4 Å². The molecule has 0 bridgehead atoms. The number of hydrogen-bond acceptors (Lipinski definition) is 6. The third-order valence-corrected chi connectivity index (χ3v) is 5.94. The average Bonchev–Trinajstić information content (AvgIpc) is 3.10. The number of hydrogen-bond donors (Lipinski definition) is 2. The maximum Gasteiger partial charge on any atom is 0.230 e. The smallest absolute Gasteiger partial charge is 0.230 e. The van der Waals surface area contributed by atoms with Gasteiger partial charge in [-0.2, -0.15) is 0 Å². The number of thioether (sulfide) groups is 1. The number of aromatic nitrogens is 3. The minimum atomic E-state index is -0.0530. The van der Waals surface area contributed by atoms with Gasteiger partial charge in [-0.1, -0.05) is 58.0 Å². The summed E-state index contributed by atoms with van der Waals surface area (Å²) in [7, 11) is 2.05. The predicted octanol–water partition coefficient (Wildman–Crippen LogP) is 3.16. The molecule has 1 aromatic heterocycles. The molecular formula is C20H23BrN6OS. The van der Waals surface area contributed by atoms with Crippen LogP contribution in [0.1, 0.15) is 6.42 Å². The molecule has 0 saturated carbocycles. The molecular weight excluding hydrogens is 452 g/mol. The lowest BCUT2D eigenvalue weighted by Crippen LogP contribution is -2.29. The third kappa shape index (κ3) is 5.74. The number of benzene rings is 2. The lowest BCUT2D eigenvalue weighted by atomic mass is 10.2. The lowest BCUT2D eigenvalue weighted by molar-refractivity contribution is -0.118. The Morgan fingerprint density at radius 2 is 1.90 bits per heavy atom. The molecule has 7 nitrogen and oxygen atoms in total. The number of carbonyl (C=O) groups is 1. The Hall–Kier alpha value is -2.52. The van der Waals surface area contributed by atoms with Gasteiger partial charge in [0, 0.05) is 35.9 Å². The van der Waals surface area contributed by atoms with Crippen molar-refractivity contribution in [2.75, 3.05) is 36.6 Å². The summed E-state index contributed by atoms with van der Waals surface area (Å²) in [5.74, 6) is 6.84. The van der Waals surface area contributed by atoms with E-state index in [0.717, 1.165) is 28.7 Å². The number of carbonyl (C=O) groups excluding carboxylic acids is 1. The predicted molar refractivity (Wildman–Crippen MR) is 121 cm³/mol. The van der Waals surface area contributed by atoms with Gasteiger partial charge in [0.15, 0.2) is 5.82 Å². The highest BCUT2D eigenvalue weighted by Crippen LogP contribution is 2.27. The first-order valence-electron chi connectivity index (χ1n) is 9.17. The first kappa shape index (κ1) is 21.2. The number of nitrogens with one attached hydrogen (secondary N) is 1. The molecule has 1 amide bonds. The van der Waals surface area contributed by atoms with Crippen molar-refractivity contribution in [1.29, 1.82) is 0 Å². The van der Waals surface area contributed by atoms with Crippen LogP contribution in [0.3, 0.4) is 0 Å². The Morgan fingerprint density at radius 1 is 1.17 bits per heavy atom. The molecule has 9 heteroatoms. The van der Waals surface area contributed by atoms with Gasteiger partial charge in [0.05, 0.1) is 5.75 Å². The van der Waals surface area contributed by atoms with Crippen LogP contribution < -0.4 is 16.1 Å². The van der Waals surface area contributed by atoms with E-state index in [9.17, 15) is 4.79 Å². The number of nitrogens with zero attached hydrogens (tertiary/aromatic N) is 4. The molecule has 0 aliphatic heterocycles. The third-order valence-electron chi connectivity index (χ3n) is 4.30. The molecule has 0 fully saturated rings. The summed E-state index contributed by atoms with van der Waals surface area (Å²) >= 11 is 4.75. The molecule has 29 heavy (non-hydrogen) atoms. The molecule has 0 unspecified atom stereocenters. The Morgan fingerprint density at radius 3 is 2.66 bits per heavy atom. The molecule has 0 radical (unpaired) electrons. The molecule has 2 aromatic carbocycles. The van der Waals surface area contributed by atoms with Gasteiger partial charge in [0.25, 0.3) is 0 Å². The van der Waals surface area contributed by atoms with Crippen LogP contribution in [0.4, 0.5) is 5.69 Å². The molecule has 152 valence electrons. The summed E-state index contributed by atoms with van der Waals surface area (Å²) in [5.41, 5.74) is 2.01. The van der Waals surface area contributed by atoms with Crippen LogP contribution in [0.2, 0.25) is 0 Å². The highest BCUT2D eigenvalue weighted by atomic mass is 79.9. The van der Waals surface area contributed by atoms with Crippen LogP contribution in [0.15, 0.2) is 64.2 Å². The van der Waals surface area contributed by atoms with E-state index in [0.29, 0.717) is 17.5 Å². The minimum absolute atomic E-state index is 0.0530. The standard InChI is InChI=1S/C20H23BrN6OS/c1-26(15-8-3-2-4-9-15)13-7-12-23-18(28)14-29-20-25-24-19(27(20)22)16-10-5-6-11-17(16)21/h2-6,8-11H,7,12-14,22H2,1H3,(H,23,28). The van der Waals surface area contributed by atoms with E-state index in [-0.39, 0.29) is 11.7 Å². The summed E-state index contributed by atoms with van der Waals surface area (Å²) in [6, 6.07) is 17.8. The van der Waals surface area contributed by atoms with Crippen molar-refractivity contribution < 1.29 is 4.79 Å². The van der Waals surface area contributed by atoms with Gasteiger partial charge < -0.3 is 16.1 Å². The second-order valence-electron chi connectivity index (χ2n) is 6.41. The summed E-state index contributed by atoms with van der Waals surface area (Å²) in [6.07, 6.45) is 0.862. The fourth-order valence-corrected chi connectivity index (χ4v) is 3.89. The second kappa shape index (κ2) is 10.3. The topological polar surface area (TPSA) is 89.1 Å². The first-order valence-corrected chi connectivity index (χ1v) is 10.9. The number of rotatable bonds is 9. The van der Waals surface area contributed by atoms with Crippen LogP contribution in [-0.4, -0.2) is 46.7 Å². The summed E-state index contributed by atoms with van der Waals surface area (Å²) in [5, 5.41) is 11.7. The maximum absolute atomic E-state index is 12.1. The Bertz CT molecular complexity index is 949. The molecule has 0 saturated heterocycles. The van der Waals surface area contributed by atoms with Crippen molar-refractivity contribution in [2.45, 2.75) is 11.6 Å². The molecule has 1 heterocycles. The van der Waals surface area contributed by atoms with Gasteiger partial charge in [0.2, 0.25) is 11.1 Å². The zero-order valence-electron chi connectivity index (χ0n) is 16.1. The lowest BCUT2D eigenvalue weighted by Gasteiger charge is -2.19. The van der Waals surface area contributed by atoms with Crippen LogP contribution in [0, 0.1) is 0 Å². The maximum atomic E-state index is 12.1. The Labute approximate surface area is 182 Å². The zero-order valence-corrected chi connectivity index (χ0v) is 18.5. The van der Waals surface area contributed by atoms with E-state index in [1.807, 2.05) is 49.5 Å². The SMILES string of the molecule is CN(CCCNC(=O)CSc1nnc(-c2ccccc2Br)n1N)c1ccccc1. The quantitative estimate of drug-likeness (QED) is 0.281. The van der Waals surface area contributed by atoms with Gasteiger partial charge in [-0.05, 0) is 30.7 Å². The minimum Gasteiger partial charge on any atom is -0.375 e. The summed E-state index contributed by atoms with van der Waals surface area (Å²) in [6.45, 7) is 1.48. The van der Waals surface area contributed by atoms with E-state index in [1.54, 1.807) is 0 Å². The highest BCUT2D eigenvalue weighted by molar-refractivity contribution is 9.10. The first-order chi connectivity index (χ1) is 14.1. The number of para-hydroxylation sites is 1. The largest absolute Gasteiger partial charge is 0.375 e.